The van der Waals surface area contributed by atoms with Gasteiger partial charge in [0.2, 0.25) is 0 Å². The molecule has 3 aliphatic carbocycles. The Hall–Kier alpha value is -2.92. The second-order valence-electron chi connectivity index (χ2n) is 8.53. The summed E-state index contributed by atoms with van der Waals surface area (Å²) in [5.41, 5.74) is 5.23. The van der Waals surface area contributed by atoms with Crippen molar-refractivity contribution in [1.29, 1.82) is 0 Å². The van der Waals surface area contributed by atoms with E-state index in [1.54, 1.807) is 6.08 Å². The monoisotopic (exact) mass is 408 g/mol. The molecule has 2 fully saturated rings. The highest BCUT2D eigenvalue weighted by Crippen LogP contribution is 2.90. The van der Waals surface area contributed by atoms with Crippen molar-refractivity contribution < 1.29 is 9.36 Å². The zero-order valence-corrected chi connectivity index (χ0v) is 17.3. The van der Waals surface area contributed by atoms with Crippen LogP contribution in [-0.2, 0) is 9.36 Å². The summed E-state index contributed by atoms with van der Waals surface area (Å²) in [6, 6.07) is 27.9. The maximum atomic E-state index is 15.4. The Morgan fingerprint density at radius 2 is 1.27 bits per heavy atom. The number of allylic oxidation sites excluding steroid dienone is 1. The van der Waals surface area contributed by atoms with Crippen LogP contribution in [0, 0.1) is 11.8 Å². The maximum Gasteiger partial charge on any atom is 0.151 e. The van der Waals surface area contributed by atoms with Crippen LogP contribution in [0.3, 0.4) is 0 Å². The fraction of sp³-hybridized carbons (Fsp3) is 0.185. The van der Waals surface area contributed by atoms with Crippen LogP contribution in [0.1, 0.15) is 23.0 Å². The van der Waals surface area contributed by atoms with Gasteiger partial charge in [-0.3, -0.25) is 4.79 Å². The Kier molecular flexibility index (Phi) is 3.61. The summed E-state index contributed by atoms with van der Waals surface area (Å²) in [6.45, 7) is 3.74. The summed E-state index contributed by atoms with van der Waals surface area (Å²) in [7, 11) is -3.13. The lowest BCUT2D eigenvalue weighted by Crippen LogP contribution is -2.32. The van der Waals surface area contributed by atoms with E-state index in [1.165, 1.54) is 11.1 Å². The molecule has 0 heterocycles. The molecule has 6 rings (SSSR count). The fourth-order valence-electron chi connectivity index (χ4n) is 6.55. The predicted molar refractivity (Wildman–Crippen MR) is 120 cm³/mol. The quantitative estimate of drug-likeness (QED) is 0.460. The van der Waals surface area contributed by atoms with Crippen LogP contribution in [-0.4, -0.2) is 10.9 Å². The molecule has 0 radical (unpaired) electrons. The minimum Gasteiger partial charge on any atom is -0.313 e. The average Bonchev–Trinajstić information content (AvgIpc) is 3.35. The molecule has 146 valence electrons. The molecule has 3 heteroatoms. The van der Waals surface area contributed by atoms with Crippen LogP contribution in [0.25, 0.3) is 0 Å². The van der Waals surface area contributed by atoms with Gasteiger partial charge >= 0.3 is 0 Å². The van der Waals surface area contributed by atoms with Gasteiger partial charge in [0.25, 0.3) is 0 Å². The van der Waals surface area contributed by atoms with E-state index in [-0.39, 0.29) is 29.5 Å². The molecule has 3 aliphatic rings. The van der Waals surface area contributed by atoms with Crippen molar-refractivity contribution in [3.63, 3.8) is 0 Å². The second-order valence-corrected chi connectivity index (χ2v) is 11.6. The molecule has 5 unspecified atom stereocenters. The standard InChI is InChI=1S/C27H21O2P/c1-2-11-22-23-20-16-9-10-17-21(20)24-25(26(22)28)27(23,24)30(29,18-12-5-3-6-13-18)19-14-7-4-8-15-19/h3-17,22-25H,1H2. The largest absolute Gasteiger partial charge is 0.313 e. The molecule has 0 amide bonds. The molecule has 0 N–H and O–H groups in total. The van der Waals surface area contributed by atoms with E-state index < -0.39 is 12.3 Å². The lowest BCUT2D eigenvalue weighted by atomic mass is 9.88. The number of carbonyl (C=O) groups excluding carboxylic acids is 1. The molecule has 0 aromatic heterocycles. The van der Waals surface area contributed by atoms with Crippen LogP contribution < -0.4 is 10.6 Å². The lowest BCUT2D eigenvalue weighted by Gasteiger charge is -2.32. The molecule has 0 spiro atoms. The van der Waals surface area contributed by atoms with Crippen LogP contribution in [0.15, 0.2) is 103 Å². The highest BCUT2D eigenvalue weighted by atomic mass is 31.2. The van der Waals surface area contributed by atoms with Gasteiger partial charge in [-0.25, -0.2) is 0 Å². The molecule has 2 saturated carbocycles. The Morgan fingerprint density at radius 1 is 0.767 bits per heavy atom. The number of hydrogen-bond acceptors (Lipinski definition) is 2. The third kappa shape index (κ3) is 1.87. The van der Waals surface area contributed by atoms with Crippen LogP contribution >= 0.6 is 7.14 Å². The molecule has 3 aromatic rings. The topological polar surface area (TPSA) is 34.1 Å². The summed E-state index contributed by atoms with van der Waals surface area (Å²) in [4.78, 5) is 13.6. The summed E-state index contributed by atoms with van der Waals surface area (Å²) in [6.07, 6.45) is 1.81. The number of rotatable bonds is 4. The Morgan fingerprint density at radius 3 is 1.80 bits per heavy atom. The van der Waals surface area contributed by atoms with Gasteiger partial charge in [-0.1, -0.05) is 91.5 Å². The van der Waals surface area contributed by atoms with E-state index in [0.29, 0.717) is 0 Å². The summed E-state index contributed by atoms with van der Waals surface area (Å²) < 4.78 is 15.4. The van der Waals surface area contributed by atoms with Gasteiger partial charge < -0.3 is 4.57 Å². The van der Waals surface area contributed by atoms with Crippen molar-refractivity contribution in [2.24, 2.45) is 11.8 Å². The van der Waals surface area contributed by atoms with Crippen LogP contribution in [0.4, 0.5) is 0 Å². The molecular formula is C27H21O2P. The number of Topliss-reactive ketones (excluding diaryl/α,β-unsaturated/α-hetero) is 1. The van der Waals surface area contributed by atoms with E-state index in [4.69, 9.17) is 0 Å². The highest BCUT2D eigenvalue weighted by Gasteiger charge is 2.87. The first-order valence-corrected chi connectivity index (χ1v) is 12.1. The Labute approximate surface area is 176 Å². The van der Waals surface area contributed by atoms with E-state index in [2.05, 4.69) is 24.4 Å². The first-order valence-electron chi connectivity index (χ1n) is 10.4. The van der Waals surface area contributed by atoms with E-state index in [1.807, 2.05) is 72.8 Å². The Bertz CT molecular complexity index is 1230. The summed E-state index contributed by atoms with van der Waals surface area (Å²) >= 11 is 0. The van der Waals surface area contributed by atoms with Crippen molar-refractivity contribution in [2.45, 2.75) is 17.0 Å². The van der Waals surface area contributed by atoms with E-state index in [0.717, 1.165) is 10.6 Å². The minimum atomic E-state index is -3.13. The molecular weight excluding hydrogens is 387 g/mol. The molecule has 3 aromatic carbocycles. The molecule has 2 nitrogen and oxygen atoms in total. The van der Waals surface area contributed by atoms with Gasteiger partial charge in [-0.05, 0) is 17.2 Å². The van der Waals surface area contributed by atoms with E-state index >= 15 is 4.57 Å². The molecule has 0 aliphatic heterocycles. The first-order chi connectivity index (χ1) is 14.7. The highest BCUT2D eigenvalue weighted by molar-refractivity contribution is 7.80. The number of benzene rings is 3. The smallest absolute Gasteiger partial charge is 0.151 e. The Balaban J connectivity index is 1.69. The third-order valence-electron chi connectivity index (χ3n) is 7.46. The molecule has 30 heavy (non-hydrogen) atoms. The van der Waals surface area contributed by atoms with Crippen molar-refractivity contribution in [1.82, 2.24) is 0 Å². The molecule has 5 atom stereocenters. The van der Waals surface area contributed by atoms with Gasteiger partial charge in [0, 0.05) is 28.4 Å². The first kappa shape index (κ1) is 17.9. The fourth-order valence-corrected chi connectivity index (χ4v) is 10.9. The minimum absolute atomic E-state index is 0.0203. The molecule has 0 saturated heterocycles. The van der Waals surface area contributed by atoms with Crippen molar-refractivity contribution >= 4 is 23.5 Å². The van der Waals surface area contributed by atoms with Gasteiger partial charge in [0.15, 0.2) is 7.14 Å². The zero-order chi connectivity index (χ0) is 20.5. The van der Waals surface area contributed by atoms with Gasteiger partial charge in [0.05, 0.1) is 11.1 Å². The number of hydrogen-bond donors (Lipinski definition) is 0. The second kappa shape index (κ2) is 6.05. The summed E-state index contributed by atoms with van der Waals surface area (Å²) in [5.74, 6) is -0.403. The number of ketones is 1. The number of fused-ring (bicyclic) bond motifs is 4. The van der Waals surface area contributed by atoms with Crippen molar-refractivity contribution in [2.75, 3.05) is 0 Å². The summed E-state index contributed by atoms with van der Waals surface area (Å²) in [5, 5.41) is 1.10. The van der Waals surface area contributed by atoms with Crippen LogP contribution in [0.5, 0.6) is 0 Å². The van der Waals surface area contributed by atoms with Gasteiger partial charge in [-0.2, -0.15) is 0 Å². The zero-order valence-electron chi connectivity index (χ0n) is 16.4. The van der Waals surface area contributed by atoms with Crippen LogP contribution in [0.2, 0.25) is 0 Å². The van der Waals surface area contributed by atoms with Crippen molar-refractivity contribution in [3.05, 3.63) is 114 Å². The van der Waals surface area contributed by atoms with Gasteiger partial charge in [-0.15, -0.1) is 5.73 Å². The van der Waals surface area contributed by atoms with Gasteiger partial charge in [0.1, 0.15) is 5.78 Å². The van der Waals surface area contributed by atoms with E-state index in [9.17, 15) is 4.79 Å². The normalized spacial score (nSPS) is 30.3. The molecule has 0 bridgehead atoms. The van der Waals surface area contributed by atoms with Crippen molar-refractivity contribution in [3.8, 4) is 0 Å². The third-order valence-corrected chi connectivity index (χ3v) is 11.4. The SMILES string of the molecule is C=C=CC1C(=O)C2C3c4ccccc4C1C23P(=O)(c1ccccc1)c1ccccc1. The predicted octanol–water partition coefficient (Wildman–Crippen LogP) is 4.79. The maximum absolute atomic E-state index is 15.4. The average molecular weight is 408 g/mol. The lowest BCUT2D eigenvalue weighted by molar-refractivity contribution is -0.121. The number of carbonyl (C=O) groups is 1.